The zero-order valence-corrected chi connectivity index (χ0v) is 10.7. The van der Waals surface area contributed by atoms with E-state index in [2.05, 4.69) is 0 Å². The van der Waals surface area contributed by atoms with Gasteiger partial charge in [-0.25, -0.2) is 4.79 Å². The fraction of sp³-hybridized carbons (Fsp3) is 0.467. The maximum absolute atomic E-state index is 12.7. The highest BCUT2D eigenvalue weighted by atomic mass is 16.4. The molecule has 0 radical (unpaired) electrons. The molecular weight excluding hydrogens is 242 g/mol. The second kappa shape index (κ2) is 4.37. The van der Waals surface area contributed by atoms with Crippen molar-refractivity contribution in [1.82, 2.24) is 4.90 Å². The molecule has 1 aromatic rings. The van der Waals surface area contributed by atoms with Gasteiger partial charge in [-0.2, -0.15) is 0 Å². The molecule has 1 amide bonds. The van der Waals surface area contributed by atoms with E-state index in [0.717, 1.165) is 24.8 Å². The first kappa shape index (κ1) is 12.2. The van der Waals surface area contributed by atoms with Crippen LogP contribution in [0, 0.1) is 0 Å². The molecule has 1 aliphatic carbocycles. The molecule has 4 heteroatoms. The third-order valence-corrected chi connectivity index (χ3v) is 4.28. The number of hydrogen-bond acceptors (Lipinski definition) is 2. The van der Waals surface area contributed by atoms with Crippen molar-refractivity contribution in [3.05, 3.63) is 35.9 Å². The molecule has 1 N–H and O–H groups in total. The van der Waals surface area contributed by atoms with Crippen LogP contribution in [0.3, 0.4) is 0 Å². The normalized spacial score (nSPS) is 24.2. The van der Waals surface area contributed by atoms with Gasteiger partial charge in [-0.05, 0) is 31.2 Å². The summed E-state index contributed by atoms with van der Waals surface area (Å²) in [5.74, 6) is -0.877. The van der Waals surface area contributed by atoms with Crippen molar-refractivity contribution < 1.29 is 14.7 Å². The van der Waals surface area contributed by atoms with Gasteiger partial charge in [0.15, 0.2) is 0 Å². The van der Waals surface area contributed by atoms with Crippen molar-refractivity contribution in [2.24, 2.45) is 0 Å². The van der Waals surface area contributed by atoms with Crippen LogP contribution in [-0.4, -0.2) is 34.5 Å². The molecule has 0 bridgehead atoms. The number of benzene rings is 1. The first-order chi connectivity index (χ1) is 9.15. The lowest BCUT2D eigenvalue weighted by atomic mass is 9.94. The number of aliphatic carboxylic acids is 1. The van der Waals surface area contributed by atoms with Crippen molar-refractivity contribution >= 4 is 11.9 Å². The Bertz CT molecular complexity index is 507. The first-order valence-corrected chi connectivity index (χ1v) is 6.74. The third kappa shape index (κ3) is 1.91. The zero-order valence-electron chi connectivity index (χ0n) is 10.7. The van der Waals surface area contributed by atoms with E-state index in [4.69, 9.17) is 0 Å². The third-order valence-electron chi connectivity index (χ3n) is 4.28. The Morgan fingerprint density at radius 1 is 1.21 bits per heavy atom. The maximum Gasteiger partial charge on any atom is 0.326 e. The Morgan fingerprint density at radius 3 is 2.47 bits per heavy atom. The van der Waals surface area contributed by atoms with Gasteiger partial charge in [0.2, 0.25) is 5.91 Å². The predicted octanol–water partition coefficient (Wildman–Crippen LogP) is 1.79. The number of carboxylic acid groups (broad SMARTS) is 1. The summed E-state index contributed by atoms with van der Waals surface area (Å²) in [4.78, 5) is 25.5. The molecule has 3 rings (SSSR count). The molecule has 100 valence electrons. The number of likely N-dealkylation sites (tertiary alicyclic amines) is 1. The fourth-order valence-electron chi connectivity index (χ4n) is 3.05. The average molecular weight is 259 g/mol. The van der Waals surface area contributed by atoms with Crippen LogP contribution in [0.2, 0.25) is 0 Å². The Labute approximate surface area is 112 Å². The number of carboxylic acids is 1. The molecule has 0 unspecified atom stereocenters. The van der Waals surface area contributed by atoms with Crippen molar-refractivity contribution in [2.75, 3.05) is 6.54 Å². The van der Waals surface area contributed by atoms with Crippen molar-refractivity contribution in [3.8, 4) is 0 Å². The molecule has 1 aliphatic heterocycles. The van der Waals surface area contributed by atoms with Gasteiger partial charge in [0, 0.05) is 6.54 Å². The van der Waals surface area contributed by atoms with Crippen LogP contribution in [0.25, 0.3) is 0 Å². The lowest BCUT2D eigenvalue weighted by molar-refractivity contribution is -0.149. The SMILES string of the molecule is O=C(O)[C@@H]1CCCN1C(=O)C1(c2ccccc2)CC1. The zero-order chi connectivity index (χ0) is 13.5. The number of hydrogen-bond donors (Lipinski definition) is 1. The number of rotatable bonds is 3. The summed E-state index contributed by atoms with van der Waals surface area (Å²) in [6.07, 6.45) is 3.02. The summed E-state index contributed by atoms with van der Waals surface area (Å²) >= 11 is 0. The van der Waals surface area contributed by atoms with Gasteiger partial charge in [-0.15, -0.1) is 0 Å². The number of nitrogens with zero attached hydrogens (tertiary/aromatic N) is 1. The van der Waals surface area contributed by atoms with Crippen LogP contribution in [-0.2, 0) is 15.0 Å². The number of carbonyl (C=O) groups excluding carboxylic acids is 1. The number of carbonyl (C=O) groups is 2. The number of amides is 1. The lowest BCUT2D eigenvalue weighted by Gasteiger charge is -2.27. The second-order valence-corrected chi connectivity index (χ2v) is 5.44. The monoisotopic (exact) mass is 259 g/mol. The average Bonchev–Trinajstić information content (AvgIpc) is 3.08. The van der Waals surface area contributed by atoms with Gasteiger partial charge in [0.1, 0.15) is 6.04 Å². The summed E-state index contributed by atoms with van der Waals surface area (Å²) < 4.78 is 0. The van der Waals surface area contributed by atoms with Gasteiger partial charge < -0.3 is 10.0 Å². The Hall–Kier alpha value is -1.84. The van der Waals surface area contributed by atoms with E-state index in [0.29, 0.717) is 13.0 Å². The van der Waals surface area contributed by atoms with Crippen molar-refractivity contribution in [1.29, 1.82) is 0 Å². The van der Waals surface area contributed by atoms with Crippen LogP contribution < -0.4 is 0 Å². The van der Waals surface area contributed by atoms with E-state index in [-0.39, 0.29) is 5.91 Å². The Morgan fingerprint density at radius 2 is 1.89 bits per heavy atom. The van der Waals surface area contributed by atoms with Crippen LogP contribution in [0.4, 0.5) is 0 Å². The molecule has 1 aromatic carbocycles. The van der Waals surface area contributed by atoms with E-state index >= 15 is 0 Å². The second-order valence-electron chi connectivity index (χ2n) is 5.44. The van der Waals surface area contributed by atoms with Gasteiger partial charge in [-0.1, -0.05) is 30.3 Å². The van der Waals surface area contributed by atoms with Crippen LogP contribution in [0.1, 0.15) is 31.2 Å². The lowest BCUT2D eigenvalue weighted by Crippen LogP contribution is -2.45. The Balaban J connectivity index is 1.86. The van der Waals surface area contributed by atoms with Crippen molar-refractivity contribution in [3.63, 3.8) is 0 Å². The van der Waals surface area contributed by atoms with Gasteiger partial charge >= 0.3 is 5.97 Å². The highest BCUT2D eigenvalue weighted by molar-refractivity contribution is 5.94. The van der Waals surface area contributed by atoms with Crippen LogP contribution in [0.5, 0.6) is 0 Å². The molecule has 1 atom stereocenters. The topological polar surface area (TPSA) is 57.6 Å². The summed E-state index contributed by atoms with van der Waals surface area (Å²) in [6, 6.07) is 9.10. The van der Waals surface area contributed by atoms with E-state index < -0.39 is 17.4 Å². The summed E-state index contributed by atoms with van der Waals surface area (Å²) in [5.41, 5.74) is 0.579. The molecular formula is C15H17NO3. The van der Waals surface area contributed by atoms with Gasteiger partial charge in [-0.3, -0.25) is 4.79 Å². The molecule has 19 heavy (non-hydrogen) atoms. The van der Waals surface area contributed by atoms with Crippen LogP contribution >= 0.6 is 0 Å². The molecule has 1 saturated carbocycles. The van der Waals surface area contributed by atoms with E-state index in [1.54, 1.807) is 4.90 Å². The fourth-order valence-corrected chi connectivity index (χ4v) is 3.05. The summed E-state index contributed by atoms with van der Waals surface area (Å²) in [6.45, 7) is 0.574. The molecule has 1 saturated heterocycles. The minimum atomic E-state index is -0.880. The minimum Gasteiger partial charge on any atom is -0.480 e. The highest BCUT2D eigenvalue weighted by Crippen LogP contribution is 2.50. The van der Waals surface area contributed by atoms with Gasteiger partial charge in [0.05, 0.1) is 5.41 Å². The largest absolute Gasteiger partial charge is 0.480 e. The quantitative estimate of drug-likeness (QED) is 0.900. The van der Waals surface area contributed by atoms with Crippen molar-refractivity contribution in [2.45, 2.75) is 37.1 Å². The van der Waals surface area contributed by atoms with E-state index in [9.17, 15) is 14.7 Å². The minimum absolute atomic E-state index is 0.00333. The molecule has 4 nitrogen and oxygen atoms in total. The summed E-state index contributed by atoms with van der Waals surface area (Å²) in [7, 11) is 0. The smallest absolute Gasteiger partial charge is 0.326 e. The molecule has 0 aromatic heterocycles. The first-order valence-electron chi connectivity index (χ1n) is 6.74. The van der Waals surface area contributed by atoms with Gasteiger partial charge in [0.25, 0.3) is 0 Å². The van der Waals surface area contributed by atoms with Crippen LogP contribution in [0.15, 0.2) is 30.3 Å². The molecule has 2 aliphatic rings. The predicted molar refractivity (Wildman–Crippen MR) is 69.7 cm³/mol. The molecule has 0 spiro atoms. The standard InChI is InChI=1S/C15H17NO3/c17-13(18)12-7-4-10-16(12)14(19)15(8-9-15)11-5-2-1-3-6-11/h1-3,5-6,12H,4,7-10H2,(H,17,18)/t12-/m0/s1. The molecule has 1 heterocycles. The summed E-state index contributed by atoms with van der Waals surface area (Å²) in [5, 5.41) is 9.20. The maximum atomic E-state index is 12.7. The molecule has 2 fully saturated rings. The highest BCUT2D eigenvalue weighted by Gasteiger charge is 2.55. The Kier molecular flexibility index (Phi) is 2.81. The van der Waals surface area contributed by atoms with E-state index in [1.807, 2.05) is 30.3 Å². The van der Waals surface area contributed by atoms with E-state index in [1.165, 1.54) is 0 Å².